The summed E-state index contributed by atoms with van der Waals surface area (Å²) in [5.74, 6) is 0. The molecule has 3 aromatic rings. The van der Waals surface area contributed by atoms with Crippen molar-refractivity contribution < 1.29 is 18.6 Å². The molecule has 2 fully saturated rings. The van der Waals surface area contributed by atoms with Gasteiger partial charge < -0.3 is 18.6 Å². The molecule has 0 unspecified atom stereocenters. The van der Waals surface area contributed by atoms with Gasteiger partial charge in [0, 0.05) is 29.1 Å². The molecule has 2 saturated heterocycles. The molecule has 3 aromatic heterocycles. The zero-order valence-corrected chi connectivity index (χ0v) is 31.8. The summed E-state index contributed by atoms with van der Waals surface area (Å²) in [6, 6.07) is 9.07. The third-order valence-electron chi connectivity index (χ3n) is 10.3. The largest absolute Gasteiger partial charge is 0.505 e. The number of rotatable bonds is 14. The Morgan fingerprint density at radius 1 is 0.489 bits per heavy atom. The van der Waals surface area contributed by atoms with Crippen LogP contribution < -0.4 is 9.55 Å². The fourth-order valence-electron chi connectivity index (χ4n) is 6.00. The van der Waals surface area contributed by atoms with Gasteiger partial charge in [-0.1, -0.05) is 64.5 Å². The van der Waals surface area contributed by atoms with Crippen LogP contribution in [0.3, 0.4) is 0 Å². The Bertz CT molecular complexity index is 1300. The molecule has 0 aromatic carbocycles. The summed E-state index contributed by atoms with van der Waals surface area (Å²) in [6.07, 6.45) is 12.4. The molecule has 2 aliphatic heterocycles. The first-order chi connectivity index (χ1) is 21.2. The van der Waals surface area contributed by atoms with Crippen LogP contribution in [0.4, 0.5) is 0 Å². The standard InChI is InChI=1S/C36H54B2O4S3/c1-11-13-15-17-19-25-26(20-18-16-14-12-2)32(28-22-24-30(44-28)38-41-35(7,8)36(9,10)42-38)45-31(25)27-21-23-29(43-27)37-39-33(3,4)34(5,6)40-37/h21-24H,11-20H2,1-10H3. The molecule has 0 amide bonds. The lowest BCUT2D eigenvalue weighted by Gasteiger charge is -2.32. The molecule has 0 bridgehead atoms. The summed E-state index contributed by atoms with van der Waals surface area (Å²) in [5, 5.41) is 0. The van der Waals surface area contributed by atoms with Crippen molar-refractivity contribution in [2.45, 2.75) is 156 Å². The van der Waals surface area contributed by atoms with Crippen LogP contribution in [0.15, 0.2) is 24.3 Å². The van der Waals surface area contributed by atoms with Gasteiger partial charge in [-0.15, -0.1) is 34.0 Å². The van der Waals surface area contributed by atoms with E-state index in [1.807, 2.05) is 34.0 Å². The average Bonchev–Trinajstić information content (AvgIpc) is 3.76. The number of unbranched alkanes of at least 4 members (excludes halogenated alkanes) is 6. The Hall–Kier alpha value is -0.930. The van der Waals surface area contributed by atoms with Crippen molar-refractivity contribution in [3.05, 3.63) is 35.4 Å². The lowest BCUT2D eigenvalue weighted by Crippen LogP contribution is -2.41. The second-order valence-corrected chi connectivity index (χ2v) is 18.2. The molecule has 9 heteroatoms. The minimum Gasteiger partial charge on any atom is -0.399 e. The summed E-state index contributed by atoms with van der Waals surface area (Å²) in [6.45, 7) is 21.6. The van der Waals surface area contributed by atoms with Crippen molar-refractivity contribution in [3.8, 4) is 19.5 Å². The smallest absolute Gasteiger partial charge is 0.399 e. The molecule has 246 valence electrons. The van der Waals surface area contributed by atoms with E-state index in [1.54, 1.807) is 11.1 Å². The Morgan fingerprint density at radius 2 is 0.844 bits per heavy atom. The zero-order chi connectivity index (χ0) is 32.6. The zero-order valence-electron chi connectivity index (χ0n) is 29.4. The maximum atomic E-state index is 6.45. The third kappa shape index (κ3) is 7.40. The molecule has 2 aliphatic rings. The van der Waals surface area contributed by atoms with Gasteiger partial charge in [0.15, 0.2) is 0 Å². The number of hydrogen-bond acceptors (Lipinski definition) is 7. The van der Waals surface area contributed by atoms with Crippen molar-refractivity contribution in [3.63, 3.8) is 0 Å². The summed E-state index contributed by atoms with van der Waals surface area (Å²) >= 11 is 5.67. The van der Waals surface area contributed by atoms with E-state index in [-0.39, 0.29) is 36.6 Å². The summed E-state index contributed by atoms with van der Waals surface area (Å²) < 4.78 is 28.1. The lowest BCUT2D eigenvalue weighted by molar-refractivity contribution is 0.00578. The van der Waals surface area contributed by atoms with Crippen LogP contribution in [0.25, 0.3) is 19.5 Å². The fraction of sp³-hybridized carbons (Fsp3) is 0.667. The predicted octanol–water partition coefficient (Wildman–Crippen LogP) is 10.0. The highest BCUT2D eigenvalue weighted by molar-refractivity contribution is 7.31. The average molecular weight is 669 g/mol. The quantitative estimate of drug-likeness (QED) is 0.127. The minimum absolute atomic E-state index is 0.325. The van der Waals surface area contributed by atoms with Gasteiger partial charge >= 0.3 is 14.2 Å². The van der Waals surface area contributed by atoms with Crippen molar-refractivity contribution in [2.75, 3.05) is 0 Å². The lowest BCUT2D eigenvalue weighted by atomic mass is 9.88. The topological polar surface area (TPSA) is 36.9 Å². The maximum Gasteiger partial charge on any atom is 0.505 e. The van der Waals surface area contributed by atoms with Crippen LogP contribution >= 0.6 is 34.0 Å². The first-order valence-electron chi connectivity index (χ1n) is 17.3. The van der Waals surface area contributed by atoms with Crippen LogP contribution in [-0.2, 0) is 31.5 Å². The van der Waals surface area contributed by atoms with E-state index >= 15 is 0 Å². The van der Waals surface area contributed by atoms with Crippen LogP contribution in [-0.4, -0.2) is 36.6 Å². The van der Waals surface area contributed by atoms with Crippen molar-refractivity contribution in [2.24, 2.45) is 0 Å². The van der Waals surface area contributed by atoms with Crippen LogP contribution in [0.2, 0.25) is 0 Å². The van der Waals surface area contributed by atoms with Gasteiger partial charge in [-0.2, -0.15) is 0 Å². The minimum atomic E-state index is -0.345. The second-order valence-electron chi connectivity index (χ2n) is 14.9. The molecule has 0 radical (unpaired) electrons. The van der Waals surface area contributed by atoms with Gasteiger partial charge in [-0.3, -0.25) is 0 Å². The van der Waals surface area contributed by atoms with E-state index in [4.69, 9.17) is 18.6 Å². The molecule has 45 heavy (non-hydrogen) atoms. The highest BCUT2D eigenvalue weighted by atomic mass is 32.1. The molecular formula is C36H54B2O4S3. The molecule has 0 N–H and O–H groups in total. The summed E-state index contributed by atoms with van der Waals surface area (Å²) in [5.41, 5.74) is 1.75. The molecule has 5 heterocycles. The van der Waals surface area contributed by atoms with Gasteiger partial charge in [-0.25, -0.2) is 0 Å². The van der Waals surface area contributed by atoms with E-state index in [9.17, 15) is 0 Å². The Kier molecular flexibility index (Phi) is 10.9. The van der Waals surface area contributed by atoms with Gasteiger partial charge in [0.2, 0.25) is 0 Å². The molecule has 0 spiro atoms. The summed E-state index contributed by atoms with van der Waals surface area (Å²) in [7, 11) is -0.649. The van der Waals surface area contributed by atoms with Crippen LogP contribution in [0, 0.1) is 0 Å². The molecule has 4 nitrogen and oxygen atoms in total. The maximum absolute atomic E-state index is 6.45. The molecule has 5 rings (SSSR count). The van der Waals surface area contributed by atoms with E-state index in [0.717, 1.165) is 22.4 Å². The predicted molar refractivity (Wildman–Crippen MR) is 198 cm³/mol. The van der Waals surface area contributed by atoms with Crippen molar-refractivity contribution in [1.29, 1.82) is 0 Å². The van der Waals surface area contributed by atoms with Gasteiger partial charge in [0.05, 0.1) is 22.4 Å². The molecular weight excluding hydrogens is 614 g/mol. The molecule has 0 aliphatic carbocycles. The van der Waals surface area contributed by atoms with Gasteiger partial charge in [0.25, 0.3) is 0 Å². The Morgan fingerprint density at radius 3 is 1.18 bits per heavy atom. The number of thiophene rings is 3. The van der Waals surface area contributed by atoms with Crippen molar-refractivity contribution >= 4 is 57.8 Å². The van der Waals surface area contributed by atoms with E-state index in [2.05, 4.69) is 93.5 Å². The molecule has 0 atom stereocenters. The summed E-state index contributed by atoms with van der Waals surface area (Å²) in [4.78, 5) is 5.54. The van der Waals surface area contributed by atoms with Crippen molar-refractivity contribution in [1.82, 2.24) is 0 Å². The second kappa shape index (κ2) is 13.9. The normalized spacial score (nSPS) is 20.0. The van der Waals surface area contributed by atoms with E-state index < -0.39 is 0 Å². The van der Waals surface area contributed by atoms with Gasteiger partial charge in [-0.05, 0) is 104 Å². The molecule has 0 saturated carbocycles. The first-order valence-corrected chi connectivity index (χ1v) is 19.7. The Balaban J connectivity index is 1.52. The SMILES string of the molecule is CCCCCCc1c(-c2ccc(B3OC(C)(C)C(C)(C)O3)s2)sc(-c2ccc(B3OC(C)(C)C(C)(C)O3)s2)c1CCCCCC. The third-order valence-corrected chi connectivity index (χ3v) is 14.2. The first kappa shape index (κ1) is 35.4. The fourth-order valence-corrected chi connectivity index (χ4v) is 9.61. The number of hydrogen-bond donors (Lipinski definition) is 0. The van der Waals surface area contributed by atoms with Gasteiger partial charge in [0.1, 0.15) is 0 Å². The highest BCUT2D eigenvalue weighted by Crippen LogP contribution is 2.47. The van der Waals surface area contributed by atoms with E-state index in [1.165, 1.54) is 70.9 Å². The van der Waals surface area contributed by atoms with Crippen LogP contribution in [0.1, 0.15) is 132 Å². The van der Waals surface area contributed by atoms with E-state index in [0.29, 0.717) is 0 Å². The monoisotopic (exact) mass is 668 g/mol. The van der Waals surface area contributed by atoms with Crippen LogP contribution in [0.5, 0.6) is 0 Å². The Labute approximate surface area is 285 Å². The highest BCUT2D eigenvalue weighted by Gasteiger charge is 2.53.